The number of hydrogen-bond acceptors (Lipinski definition) is 1. The third-order valence-electron chi connectivity index (χ3n) is 7.50. The van der Waals surface area contributed by atoms with Crippen molar-refractivity contribution in [2.45, 2.75) is 103 Å². The first-order chi connectivity index (χ1) is 18.8. The summed E-state index contributed by atoms with van der Waals surface area (Å²) < 4.78 is 0. The molecular formula is C37H48S. The number of unbranched alkanes of at least 4 members (excludes halogenated alkanes) is 13. The monoisotopic (exact) mass is 524 g/mol. The van der Waals surface area contributed by atoms with Crippen LogP contribution in [0.2, 0.25) is 0 Å². The van der Waals surface area contributed by atoms with Gasteiger partial charge < -0.3 is 0 Å². The second-order valence-corrected chi connectivity index (χ2v) is 11.2. The van der Waals surface area contributed by atoms with Gasteiger partial charge in [0, 0.05) is 4.86 Å². The van der Waals surface area contributed by atoms with Crippen molar-refractivity contribution in [3.05, 3.63) is 102 Å². The van der Waals surface area contributed by atoms with Gasteiger partial charge in [0.15, 0.2) is 0 Å². The molecule has 1 heteroatoms. The first-order valence-electron chi connectivity index (χ1n) is 15.2. The van der Waals surface area contributed by atoms with Crippen LogP contribution in [0.1, 0.15) is 114 Å². The van der Waals surface area contributed by atoms with E-state index in [1.807, 2.05) is 0 Å². The van der Waals surface area contributed by atoms with Crippen molar-refractivity contribution < 1.29 is 0 Å². The van der Waals surface area contributed by atoms with Gasteiger partial charge in [-0.3, -0.25) is 0 Å². The minimum absolute atomic E-state index is 0.889. The molecule has 0 nitrogen and oxygen atoms in total. The SMILES string of the molecule is CCCCCCCCCCCCCCCCc1ccc(C(=S)C=Cc2ccc(-c3ccccc3)cc2)cc1. The first kappa shape index (κ1) is 30.0. The third kappa shape index (κ3) is 11.9. The predicted octanol–water partition coefficient (Wildman–Crippen LogP) is 11.8. The van der Waals surface area contributed by atoms with Crippen LogP contribution in [-0.2, 0) is 6.42 Å². The summed E-state index contributed by atoms with van der Waals surface area (Å²) in [5.41, 5.74) is 6.20. The largest absolute Gasteiger partial charge is 0.0795 e. The maximum absolute atomic E-state index is 5.68. The lowest BCUT2D eigenvalue weighted by molar-refractivity contribution is 0.535. The molecule has 0 aliphatic rings. The lowest BCUT2D eigenvalue weighted by Crippen LogP contribution is -1.94. The van der Waals surface area contributed by atoms with E-state index in [0.717, 1.165) is 10.4 Å². The molecule has 0 spiro atoms. The molecule has 0 aromatic heterocycles. The van der Waals surface area contributed by atoms with Crippen molar-refractivity contribution in [2.75, 3.05) is 0 Å². The molecule has 0 aliphatic heterocycles. The van der Waals surface area contributed by atoms with Crippen molar-refractivity contribution >= 4 is 23.2 Å². The van der Waals surface area contributed by atoms with Crippen LogP contribution in [0, 0.1) is 0 Å². The normalized spacial score (nSPS) is 11.3. The molecule has 0 saturated heterocycles. The van der Waals surface area contributed by atoms with Crippen LogP contribution >= 0.6 is 12.2 Å². The Labute approximate surface area is 238 Å². The van der Waals surface area contributed by atoms with Gasteiger partial charge in [0.05, 0.1) is 0 Å². The smallest absolute Gasteiger partial charge is 0.0449 e. The van der Waals surface area contributed by atoms with Crippen LogP contribution in [0.25, 0.3) is 17.2 Å². The number of hydrogen-bond donors (Lipinski definition) is 0. The van der Waals surface area contributed by atoms with Gasteiger partial charge in [-0.15, -0.1) is 0 Å². The van der Waals surface area contributed by atoms with E-state index in [1.54, 1.807) is 0 Å². The molecule has 3 rings (SSSR count). The molecule has 0 atom stereocenters. The summed E-state index contributed by atoms with van der Waals surface area (Å²) in [6.45, 7) is 2.29. The fraction of sp³-hybridized carbons (Fsp3) is 0.432. The van der Waals surface area contributed by atoms with E-state index in [-0.39, 0.29) is 0 Å². The Morgan fingerprint density at radius 2 is 1.05 bits per heavy atom. The molecule has 0 heterocycles. The van der Waals surface area contributed by atoms with Crippen LogP contribution in [-0.4, -0.2) is 4.86 Å². The van der Waals surface area contributed by atoms with Crippen LogP contribution in [0.5, 0.6) is 0 Å². The van der Waals surface area contributed by atoms with Gasteiger partial charge in [-0.25, -0.2) is 0 Å². The summed E-state index contributed by atoms with van der Waals surface area (Å²) in [7, 11) is 0. The molecule has 0 fully saturated rings. The van der Waals surface area contributed by atoms with Gasteiger partial charge in [-0.1, -0.05) is 188 Å². The quantitative estimate of drug-likeness (QED) is 0.0650. The molecule has 202 valence electrons. The second kappa shape index (κ2) is 18.7. The van der Waals surface area contributed by atoms with Gasteiger partial charge in [0.1, 0.15) is 0 Å². The maximum atomic E-state index is 5.68. The summed E-state index contributed by atoms with van der Waals surface area (Å²) >= 11 is 5.68. The van der Waals surface area contributed by atoms with Gasteiger partial charge in [-0.2, -0.15) is 0 Å². The standard InChI is InChI=1S/C37H48S/c1-2-3-4-5-6-7-8-9-10-11-12-13-14-16-19-32-24-29-36(30-25-32)37(38)31-26-33-22-27-35(28-23-33)34-20-17-15-18-21-34/h15,17-18,20-31H,2-14,16,19H2,1H3. The van der Waals surface area contributed by atoms with Crippen molar-refractivity contribution in [2.24, 2.45) is 0 Å². The molecule has 38 heavy (non-hydrogen) atoms. The Morgan fingerprint density at radius 3 is 1.61 bits per heavy atom. The van der Waals surface area contributed by atoms with E-state index in [0.29, 0.717) is 0 Å². The zero-order valence-corrected chi connectivity index (χ0v) is 24.5. The molecule has 0 amide bonds. The highest BCUT2D eigenvalue weighted by molar-refractivity contribution is 7.81. The fourth-order valence-electron chi connectivity index (χ4n) is 5.04. The van der Waals surface area contributed by atoms with Gasteiger partial charge >= 0.3 is 0 Å². The molecule has 0 aliphatic carbocycles. The molecule has 0 unspecified atom stereocenters. The van der Waals surface area contributed by atoms with Gasteiger partial charge in [0.25, 0.3) is 0 Å². The minimum atomic E-state index is 0.889. The van der Waals surface area contributed by atoms with Crippen molar-refractivity contribution in [3.63, 3.8) is 0 Å². The minimum Gasteiger partial charge on any atom is -0.0795 e. The molecule has 3 aromatic rings. The average Bonchev–Trinajstić information content (AvgIpc) is 2.97. The third-order valence-corrected chi connectivity index (χ3v) is 7.87. The number of rotatable bonds is 19. The lowest BCUT2D eigenvalue weighted by atomic mass is 10.0. The molecule has 0 saturated carbocycles. The Balaban J connectivity index is 1.25. The molecule has 0 radical (unpaired) electrons. The Morgan fingerprint density at radius 1 is 0.553 bits per heavy atom. The number of aryl methyl sites for hydroxylation is 1. The number of allylic oxidation sites excluding steroid dienone is 1. The van der Waals surface area contributed by atoms with Crippen LogP contribution < -0.4 is 0 Å². The van der Waals surface area contributed by atoms with E-state index in [4.69, 9.17) is 12.2 Å². The predicted molar refractivity (Wildman–Crippen MR) is 173 cm³/mol. The summed E-state index contributed by atoms with van der Waals surface area (Å²) in [5, 5.41) is 0. The zero-order chi connectivity index (χ0) is 26.7. The fourth-order valence-corrected chi connectivity index (χ4v) is 5.25. The summed E-state index contributed by atoms with van der Waals surface area (Å²) in [6, 6.07) is 28.0. The van der Waals surface area contributed by atoms with Crippen molar-refractivity contribution in [3.8, 4) is 11.1 Å². The van der Waals surface area contributed by atoms with E-state index in [9.17, 15) is 0 Å². The average molecular weight is 525 g/mol. The number of benzene rings is 3. The summed E-state index contributed by atoms with van der Waals surface area (Å²) in [5.74, 6) is 0. The van der Waals surface area contributed by atoms with Crippen LogP contribution in [0.3, 0.4) is 0 Å². The topological polar surface area (TPSA) is 0 Å². The van der Waals surface area contributed by atoms with E-state index >= 15 is 0 Å². The zero-order valence-electron chi connectivity index (χ0n) is 23.7. The lowest BCUT2D eigenvalue weighted by Gasteiger charge is -2.05. The van der Waals surface area contributed by atoms with E-state index in [2.05, 4.69) is 97.9 Å². The van der Waals surface area contributed by atoms with Gasteiger partial charge in [-0.05, 0) is 46.7 Å². The highest BCUT2D eigenvalue weighted by atomic mass is 32.1. The van der Waals surface area contributed by atoms with Crippen LogP contribution in [0.4, 0.5) is 0 Å². The highest BCUT2D eigenvalue weighted by Crippen LogP contribution is 2.20. The Bertz CT molecular complexity index is 1040. The van der Waals surface area contributed by atoms with Crippen molar-refractivity contribution in [1.82, 2.24) is 0 Å². The second-order valence-electron chi connectivity index (χ2n) is 10.7. The molecular weight excluding hydrogens is 476 g/mol. The summed E-state index contributed by atoms with van der Waals surface area (Å²) in [6.07, 6.45) is 25.1. The van der Waals surface area contributed by atoms with E-state index < -0.39 is 0 Å². The number of thiocarbonyl (C=S) groups is 1. The first-order valence-corrected chi connectivity index (χ1v) is 15.6. The maximum Gasteiger partial charge on any atom is 0.0449 e. The molecule has 3 aromatic carbocycles. The summed E-state index contributed by atoms with van der Waals surface area (Å²) in [4.78, 5) is 0.889. The van der Waals surface area contributed by atoms with Crippen LogP contribution in [0.15, 0.2) is 84.9 Å². The van der Waals surface area contributed by atoms with Gasteiger partial charge in [0.2, 0.25) is 0 Å². The molecule has 0 N–H and O–H groups in total. The Hall–Kier alpha value is -2.51. The molecule has 0 bridgehead atoms. The Kier molecular flexibility index (Phi) is 14.8. The highest BCUT2D eigenvalue weighted by Gasteiger charge is 2.01. The van der Waals surface area contributed by atoms with Crippen molar-refractivity contribution in [1.29, 1.82) is 0 Å². The van der Waals surface area contributed by atoms with E-state index in [1.165, 1.54) is 119 Å².